The topological polar surface area (TPSA) is 81.4 Å². The minimum atomic E-state index is -1.04. The van der Waals surface area contributed by atoms with Crippen molar-refractivity contribution in [2.45, 2.75) is 6.92 Å². The van der Waals surface area contributed by atoms with E-state index in [0.717, 1.165) is 17.2 Å². The lowest BCUT2D eigenvalue weighted by Crippen LogP contribution is -2.21. The fourth-order valence-electron chi connectivity index (χ4n) is 2.26. The zero-order valence-electron chi connectivity index (χ0n) is 14.2. The first-order valence-electron chi connectivity index (χ1n) is 7.89. The van der Waals surface area contributed by atoms with Crippen LogP contribution in [0.3, 0.4) is 0 Å². The van der Waals surface area contributed by atoms with Gasteiger partial charge in [0.05, 0.1) is 5.02 Å². The highest BCUT2D eigenvalue weighted by Gasteiger charge is 2.19. The first-order chi connectivity index (χ1) is 12.9. The van der Waals surface area contributed by atoms with Crippen LogP contribution in [0.15, 0.2) is 53.1 Å². The zero-order chi connectivity index (χ0) is 19.4. The van der Waals surface area contributed by atoms with E-state index in [-0.39, 0.29) is 10.9 Å². The smallest absolute Gasteiger partial charge is 0.343 e. The highest BCUT2D eigenvalue weighted by molar-refractivity contribution is 6.33. The molecule has 1 amide bonds. The molecule has 3 aromatic rings. The third-order valence-corrected chi connectivity index (χ3v) is 3.94. The number of esters is 1. The quantitative estimate of drug-likeness (QED) is 0.661. The Morgan fingerprint density at radius 1 is 1.22 bits per heavy atom. The van der Waals surface area contributed by atoms with E-state index in [1.54, 1.807) is 0 Å². The number of aryl methyl sites for hydroxylation is 1. The molecule has 0 saturated carbocycles. The molecule has 8 heteroatoms. The van der Waals surface area contributed by atoms with Gasteiger partial charge in [0.15, 0.2) is 6.61 Å². The van der Waals surface area contributed by atoms with E-state index in [2.05, 4.69) is 10.5 Å². The summed E-state index contributed by atoms with van der Waals surface area (Å²) in [7, 11) is 0. The van der Waals surface area contributed by atoms with Gasteiger partial charge in [0.2, 0.25) is 5.88 Å². The van der Waals surface area contributed by atoms with Crippen LogP contribution in [0.25, 0.3) is 11.3 Å². The van der Waals surface area contributed by atoms with Crippen molar-refractivity contribution in [1.29, 1.82) is 0 Å². The molecule has 0 aliphatic heterocycles. The molecular weight excluding hydrogens is 375 g/mol. The zero-order valence-corrected chi connectivity index (χ0v) is 14.9. The van der Waals surface area contributed by atoms with E-state index in [1.807, 2.05) is 31.2 Å². The standard InChI is InChI=1S/C19H14ClFN2O4/c1-11-5-7-12(8-6-11)15-9-17(27-23-15)22-16(24)10-26-19(25)18-13(20)3-2-4-14(18)21/h2-9H,10H2,1H3,(H,22,24). The molecule has 0 aliphatic carbocycles. The third-order valence-electron chi connectivity index (χ3n) is 3.62. The van der Waals surface area contributed by atoms with E-state index in [9.17, 15) is 14.0 Å². The van der Waals surface area contributed by atoms with Crippen molar-refractivity contribution in [3.8, 4) is 11.3 Å². The minimum Gasteiger partial charge on any atom is -0.452 e. The third kappa shape index (κ3) is 4.51. The number of nitrogens with one attached hydrogen (secondary N) is 1. The number of aromatic nitrogens is 1. The molecule has 0 spiro atoms. The summed E-state index contributed by atoms with van der Waals surface area (Å²) < 4.78 is 23.5. The van der Waals surface area contributed by atoms with E-state index in [4.69, 9.17) is 20.9 Å². The number of anilines is 1. The summed E-state index contributed by atoms with van der Waals surface area (Å²) in [5, 5.41) is 6.18. The van der Waals surface area contributed by atoms with Crippen molar-refractivity contribution in [3.05, 3.63) is 70.5 Å². The van der Waals surface area contributed by atoms with Crippen LogP contribution in [0.2, 0.25) is 5.02 Å². The number of rotatable bonds is 5. The number of carbonyl (C=O) groups excluding carboxylic acids is 2. The van der Waals surface area contributed by atoms with Crippen LogP contribution in [0.5, 0.6) is 0 Å². The molecule has 6 nitrogen and oxygen atoms in total. The van der Waals surface area contributed by atoms with Gasteiger partial charge in [-0.15, -0.1) is 0 Å². The van der Waals surface area contributed by atoms with Gasteiger partial charge in [0.25, 0.3) is 5.91 Å². The van der Waals surface area contributed by atoms with Gasteiger partial charge in [-0.25, -0.2) is 9.18 Å². The van der Waals surface area contributed by atoms with Gasteiger partial charge >= 0.3 is 5.97 Å². The Labute approximate surface area is 158 Å². The Morgan fingerprint density at radius 3 is 2.67 bits per heavy atom. The lowest BCUT2D eigenvalue weighted by Gasteiger charge is -2.06. The van der Waals surface area contributed by atoms with Crippen molar-refractivity contribution < 1.29 is 23.2 Å². The van der Waals surface area contributed by atoms with Gasteiger partial charge < -0.3 is 9.26 Å². The SMILES string of the molecule is Cc1ccc(-c2cc(NC(=O)COC(=O)c3c(F)cccc3Cl)on2)cc1. The molecule has 0 radical (unpaired) electrons. The fraction of sp³-hybridized carbons (Fsp3) is 0.105. The largest absolute Gasteiger partial charge is 0.452 e. The van der Waals surface area contributed by atoms with E-state index in [0.29, 0.717) is 5.69 Å². The maximum atomic E-state index is 13.7. The maximum absolute atomic E-state index is 13.7. The number of nitrogens with zero attached hydrogens (tertiary/aromatic N) is 1. The van der Waals surface area contributed by atoms with E-state index < -0.39 is 29.9 Å². The van der Waals surface area contributed by atoms with Crippen LogP contribution in [-0.2, 0) is 9.53 Å². The number of benzene rings is 2. The molecule has 0 aliphatic rings. The second-order valence-electron chi connectivity index (χ2n) is 5.66. The van der Waals surface area contributed by atoms with Crippen molar-refractivity contribution in [2.24, 2.45) is 0 Å². The second kappa shape index (κ2) is 8.01. The average molecular weight is 389 g/mol. The summed E-state index contributed by atoms with van der Waals surface area (Å²) in [4.78, 5) is 23.8. The van der Waals surface area contributed by atoms with Crippen LogP contribution in [0, 0.1) is 12.7 Å². The minimum absolute atomic E-state index is 0.0931. The highest BCUT2D eigenvalue weighted by Crippen LogP contribution is 2.22. The van der Waals surface area contributed by atoms with Crippen LogP contribution >= 0.6 is 11.6 Å². The number of hydrogen-bond donors (Lipinski definition) is 1. The molecule has 0 atom stereocenters. The number of halogens is 2. The molecule has 1 N–H and O–H groups in total. The van der Waals surface area contributed by atoms with Crippen LogP contribution < -0.4 is 5.32 Å². The van der Waals surface area contributed by atoms with Crippen molar-refractivity contribution in [2.75, 3.05) is 11.9 Å². The van der Waals surface area contributed by atoms with Crippen molar-refractivity contribution in [3.63, 3.8) is 0 Å². The van der Waals surface area contributed by atoms with E-state index in [1.165, 1.54) is 18.2 Å². The van der Waals surface area contributed by atoms with Gasteiger partial charge in [-0.1, -0.05) is 52.7 Å². The first kappa shape index (κ1) is 18.6. The van der Waals surface area contributed by atoms with Crippen LogP contribution in [0.1, 0.15) is 15.9 Å². The average Bonchev–Trinajstić information content (AvgIpc) is 3.09. The number of hydrogen-bond acceptors (Lipinski definition) is 5. The molecule has 2 aromatic carbocycles. The van der Waals surface area contributed by atoms with Gasteiger partial charge in [-0.3, -0.25) is 10.1 Å². The molecule has 1 aromatic heterocycles. The lowest BCUT2D eigenvalue weighted by atomic mass is 10.1. The van der Waals surface area contributed by atoms with Gasteiger partial charge in [0.1, 0.15) is 17.1 Å². The molecule has 138 valence electrons. The highest BCUT2D eigenvalue weighted by atomic mass is 35.5. The first-order valence-corrected chi connectivity index (χ1v) is 8.26. The molecule has 0 fully saturated rings. The van der Waals surface area contributed by atoms with Crippen LogP contribution in [-0.4, -0.2) is 23.6 Å². The summed E-state index contributed by atoms with van der Waals surface area (Å²) in [6.07, 6.45) is 0. The van der Waals surface area contributed by atoms with Crippen molar-refractivity contribution >= 4 is 29.4 Å². The Hall–Kier alpha value is -3.19. The van der Waals surface area contributed by atoms with E-state index >= 15 is 0 Å². The van der Waals surface area contributed by atoms with Crippen molar-refractivity contribution in [1.82, 2.24) is 5.16 Å². The predicted molar refractivity (Wildman–Crippen MR) is 97.0 cm³/mol. The second-order valence-corrected chi connectivity index (χ2v) is 6.07. The molecule has 0 saturated heterocycles. The normalized spacial score (nSPS) is 10.5. The van der Waals surface area contributed by atoms with Gasteiger partial charge in [0, 0.05) is 11.6 Å². The summed E-state index contributed by atoms with van der Waals surface area (Å²) >= 11 is 5.78. The monoisotopic (exact) mass is 388 g/mol. The van der Waals surface area contributed by atoms with Gasteiger partial charge in [-0.2, -0.15) is 0 Å². The van der Waals surface area contributed by atoms with Gasteiger partial charge in [-0.05, 0) is 19.1 Å². The molecule has 3 rings (SSSR count). The number of ether oxygens (including phenoxy) is 1. The Bertz CT molecular complexity index is 965. The Balaban J connectivity index is 1.58. The summed E-state index contributed by atoms with van der Waals surface area (Å²) in [6, 6.07) is 12.9. The predicted octanol–water partition coefficient (Wildman–Crippen LogP) is 4.24. The van der Waals surface area contributed by atoms with Crippen LogP contribution in [0.4, 0.5) is 10.3 Å². The summed E-state index contributed by atoms with van der Waals surface area (Å²) in [5.74, 6) is -2.44. The molecule has 0 unspecified atom stereocenters. The summed E-state index contributed by atoms with van der Waals surface area (Å²) in [6.45, 7) is 1.33. The molecule has 27 heavy (non-hydrogen) atoms. The summed E-state index contributed by atoms with van der Waals surface area (Å²) in [5.41, 5.74) is 2.05. The lowest BCUT2D eigenvalue weighted by molar-refractivity contribution is -0.119. The number of amides is 1. The fourth-order valence-corrected chi connectivity index (χ4v) is 2.50. The molecule has 0 bridgehead atoms. The Kier molecular flexibility index (Phi) is 5.52. The Morgan fingerprint density at radius 2 is 1.96 bits per heavy atom. The number of carbonyl (C=O) groups is 2. The maximum Gasteiger partial charge on any atom is 0.343 e. The molecule has 1 heterocycles. The molecular formula is C19H14ClFN2O4.